The summed E-state index contributed by atoms with van der Waals surface area (Å²) < 4.78 is 17.4. The van der Waals surface area contributed by atoms with E-state index in [1.807, 2.05) is 77.4 Å². The summed E-state index contributed by atoms with van der Waals surface area (Å²) >= 11 is 0. The van der Waals surface area contributed by atoms with E-state index in [-0.39, 0.29) is 23.5 Å². The molecule has 8 nitrogen and oxygen atoms in total. The first-order valence-electron chi connectivity index (χ1n) is 12.9. The van der Waals surface area contributed by atoms with Crippen LogP contribution >= 0.6 is 0 Å². The molecule has 0 aliphatic carbocycles. The molecule has 0 amide bonds. The molecule has 0 bridgehead atoms. The molecular weight excluding hydrogens is 494 g/mol. The fraction of sp³-hybridized carbons (Fsp3) is 0.194. The van der Waals surface area contributed by atoms with Gasteiger partial charge in [0.25, 0.3) is 5.56 Å². The zero-order valence-corrected chi connectivity index (χ0v) is 21.3. The normalized spacial score (nSPS) is 19.7. The average molecular weight is 518 g/mol. The van der Waals surface area contributed by atoms with Crippen LogP contribution in [-0.2, 0) is 20.6 Å². The molecule has 0 spiro atoms. The first-order valence-corrected chi connectivity index (χ1v) is 12.9. The highest BCUT2D eigenvalue weighted by molar-refractivity contribution is 6.09. The lowest BCUT2D eigenvalue weighted by molar-refractivity contribution is 0.104. The van der Waals surface area contributed by atoms with Gasteiger partial charge in [-0.1, -0.05) is 60.7 Å². The largest absolute Gasteiger partial charge is 0.484 e. The minimum atomic E-state index is -0.449. The minimum absolute atomic E-state index is 0.145. The van der Waals surface area contributed by atoms with Gasteiger partial charge in [0.15, 0.2) is 0 Å². The average Bonchev–Trinajstić information content (AvgIpc) is 3.51. The summed E-state index contributed by atoms with van der Waals surface area (Å²) in [6.07, 6.45) is -0.355. The third-order valence-electron chi connectivity index (χ3n) is 8.53. The molecule has 0 radical (unpaired) electrons. The van der Waals surface area contributed by atoms with E-state index in [1.165, 1.54) is 11.6 Å². The highest BCUT2D eigenvalue weighted by Gasteiger charge is 2.49. The van der Waals surface area contributed by atoms with Gasteiger partial charge in [-0.2, -0.15) is 0 Å². The maximum absolute atomic E-state index is 13.7. The summed E-state index contributed by atoms with van der Waals surface area (Å²) in [7, 11) is 3.16. The second-order valence-corrected chi connectivity index (χ2v) is 10.5. The molecular formula is C31H23N3O5. The van der Waals surface area contributed by atoms with E-state index in [2.05, 4.69) is 0 Å². The van der Waals surface area contributed by atoms with E-state index in [0.29, 0.717) is 34.5 Å². The highest BCUT2D eigenvalue weighted by Crippen LogP contribution is 2.55. The number of rotatable bonds is 1. The lowest BCUT2D eigenvalue weighted by Crippen LogP contribution is -2.37. The Bertz CT molecular complexity index is 2190. The molecule has 0 unspecified atom stereocenters. The Morgan fingerprint density at radius 3 is 2.44 bits per heavy atom. The van der Waals surface area contributed by atoms with Crippen molar-refractivity contribution in [3.63, 3.8) is 0 Å². The molecule has 39 heavy (non-hydrogen) atoms. The summed E-state index contributed by atoms with van der Waals surface area (Å²) in [5.41, 5.74) is 2.10. The van der Waals surface area contributed by atoms with E-state index in [0.717, 1.165) is 32.0 Å². The summed E-state index contributed by atoms with van der Waals surface area (Å²) in [6.45, 7) is 0.482. The predicted octanol–water partition coefficient (Wildman–Crippen LogP) is 4.19. The predicted molar refractivity (Wildman–Crippen MR) is 148 cm³/mol. The van der Waals surface area contributed by atoms with Gasteiger partial charge >= 0.3 is 11.3 Å². The van der Waals surface area contributed by atoms with Gasteiger partial charge in [0.1, 0.15) is 23.1 Å². The van der Waals surface area contributed by atoms with Gasteiger partial charge in [-0.05, 0) is 28.5 Å². The zero-order chi connectivity index (χ0) is 26.6. The third kappa shape index (κ3) is 2.80. The Kier molecular flexibility index (Phi) is 4.32. The van der Waals surface area contributed by atoms with E-state index in [1.54, 1.807) is 7.05 Å². The molecule has 0 saturated heterocycles. The summed E-state index contributed by atoms with van der Waals surface area (Å²) in [4.78, 5) is 39.7. The van der Waals surface area contributed by atoms with E-state index < -0.39 is 11.3 Å². The molecule has 192 valence electrons. The molecule has 0 fully saturated rings. The number of fused-ring (bicyclic) bond motifs is 11. The smallest absolute Gasteiger partial charge is 0.343 e. The van der Waals surface area contributed by atoms with Crippen molar-refractivity contribution in [1.82, 2.24) is 13.7 Å². The molecule has 2 aliphatic rings. The fourth-order valence-electron chi connectivity index (χ4n) is 6.79. The number of aromatic nitrogens is 3. The molecule has 8 rings (SSSR count). The van der Waals surface area contributed by atoms with Crippen LogP contribution in [0.3, 0.4) is 0 Å². The van der Waals surface area contributed by atoms with E-state index in [9.17, 15) is 14.4 Å². The SMILES string of the molecule is Cn1c(=O)c2cc3n(c2n(C)c1=O)C[C@@H]1[C@H]3c2c(c3c(ccc4ccccc43)oc2=O)O[C@@H]1c1ccccc1. The minimum Gasteiger partial charge on any atom is -0.484 e. The number of hydrogen-bond donors (Lipinski definition) is 0. The van der Waals surface area contributed by atoms with Gasteiger partial charge in [-0.3, -0.25) is 13.9 Å². The fourth-order valence-corrected chi connectivity index (χ4v) is 6.79. The standard InChI is InChI=1S/C31H23N3O5/c1-32-28-19(29(35)33(2)31(32)37)14-21-23-20(15-34(21)28)26(17-9-4-3-5-10-17)39-27-24-18-11-7-6-8-16(18)12-13-22(24)38-30(36)25(23)27/h3-14,20,23,26H,15H2,1-2H3/t20-,23-,26-/m1/s1. The number of aryl methyl sites for hydroxylation is 1. The Balaban J connectivity index is 1.50. The van der Waals surface area contributed by atoms with Crippen LogP contribution in [0.4, 0.5) is 0 Å². The topological polar surface area (TPSA) is 88.4 Å². The van der Waals surface area contributed by atoms with Crippen LogP contribution in [-0.4, -0.2) is 13.7 Å². The van der Waals surface area contributed by atoms with Gasteiger partial charge in [-0.15, -0.1) is 0 Å². The number of nitrogens with zero attached hydrogens (tertiary/aromatic N) is 3. The van der Waals surface area contributed by atoms with Crippen LogP contribution in [0.1, 0.15) is 28.8 Å². The number of ether oxygens (including phenoxy) is 1. The van der Waals surface area contributed by atoms with E-state index >= 15 is 0 Å². The Labute approximate surface area is 220 Å². The Morgan fingerprint density at radius 2 is 1.62 bits per heavy atom. The Hall–Kier alpha value is -4.85. The lowest BCUT2D eigenvalue weighted by Gasteiger charge is -2.35. The maximum Gasteiger partial charge on any atom is 0.343 e. The van der Waals surface area contributed by atoms with Crippen molar-refractivity contribution in [2.24, 2.45) is 20.0 Å². The summed E-state index contributed by atoms with van der Waals surface area (Å²) in [5.74, 6) is -0.00628. The number of benzene rings is 3. The van der Waals surface area contributed by atoms with Crippen molar-refractivity contribution in [1.29, 1.82) is 0 Å². The van der Waals surface area contributed by atoms with Gasteiger partial charge in [0.2, 0.25) is 0 Å². The molecule has 3 aromatic heterocycles. The van der Waals surface area contributed by atoms with Crippen molar-refractivity contribution in [2.75, 3.05) is 0 Å². The van der Waals surface area contributed by atoms with Crippen molar-refractivity contribution in [3.05, 3.63) is 121 Å². The van der Waals surface area contributed by atoms with Crippen LogP contribution in [0.15, 0.2) is 91.6 Å². The molecule has 3 atom stereocenters. The van der Waals surface area contributed by atoms with Crippen LogP contribution in [0.25, 0.3) is 32.8 Å². The molecule has 6 aromatic rings. The second-order valence-electron chi connectivity index (χ2n) is 10.5. The quantitative estimate of drug-likeness (QED) is 0.241. The van der Waals surface area contributed by atoms with Crippen molar-refractivity contribution >= 4 is 32.8 Å². The maximum atomic E-state index is 13.7. The van der Waals surface area contributed by atoms with Gasteiger partial charge in [0, 0.05) is 38.2 Å². The number of hydrogen-bond acceptors (Lipinski definition) is 5. The summed E-state index contributed by atoms with van der Waals surface area (Å²) in [5, 5.41) is 3.17. The first kappa shape index (κ1) is 22.2. The zero-order valence-electron chi connectivity index (χ0n) is 21.3. The first-order chi connectivity index (χ1) is 18.9. The van der Waals surface area contributed by atoms with Crippen molar-refractivity contribution < 1.29 is 9.15 Å². The molecule has 5 heterocycles. The van der Waals surface area contributed by atoms with Crippen LogP contribution in [0.5, 0.6) is 5.75 Å². The van der Waals surface area contributed by atoms with Crippen molar-refractivity contribution in [3.8, 4) is 5.75 Å². The third-order valence-corrected chi connectivity index (χ3v) is 8.53. The van der Waals surface area contributed by atoms with E-state index in [4.69, 9.17) is 9.15 Å². The second kappa shape index (κ2) is 7.60. The highest BCUT2D eigenvalue weighted by atomic mass is 16.5. The lowest BCUT2D eigenvalue weighted by atomic mass is 9.78. The molecule has 0 N–H and O–H groups in total. The Morgan fingerprint density at radius 1 is 0.846 bits per heavy atom. The van der Waals surface area contributed by atoms with Gasteiger partial charge in [-0.25, -0.2) is 9.59 Å². The van der Waals surface area contributed by atoms with Gasteiger partial charge < -0.3 is 13.7 Å². The molecule has 8 heteroatoms. The van der Waals surface area contributed by atoms with Crippen LogP contribution in [0, 0.1) is 5.92 Å². The van der Waals surface area contributed by atoms with Gasteiger partial charge in [0.05, 0.1) is 16.3 Å². The summed E-state index contributed by atoms with van der Waals surface area (Å²) in [6, 6.07) is 23.6. The molecule has 2 aliphatic heterocycles. The van der Waals surface area contributed by atoms with Crippen molar-refractivity contribution in [2.45, 2.75) is 18.6 Å². The van der Waals surface area contributed by atoms with Crippen LogP contribution in [0.2, 0.25) is 0 Å². The molecule has 0 saturated carbocycles. The van der Waals surface area contributed by atoms with Crippen LogP contribution < -0.4 is 21.6 Å². The molecule has 3 aromatic carbocycles. The monoisotopic (exact) mass is 517 g/mol.